The molecular weight excluding hydrogens is 434 g/mol. The summed E-state index contributed by atoms with van der Waals surface area (Å²) < 4.78 is 0. The molecule has 0 atom stereocenters. The number of benzene rings is 6. The first-order valence-corrected chi connectivity index (χ1v) is 12.5. The minimum Gasteiger partial charge on any atom is -0.355 e. The molecule has 2 aliphatic rings. The second kappa shape index (κ2) is 7.19. The normalized spacial score (nSPS) is 13.8. The SMILES string of the molecule is c1ccc2c(c1)-c1ccccc1C21c2ccccc2-c2cccc(Nc3cccc4ccccc34)c21. The Hall–Kier alpha value is -4.62. The van der Waals surface area contributed by atoms with Gasteiger partial charge in [0.25, 0.3) is 0 Å². The Morgan fingerprint density at radius 2 is 0.861 bits per heavy atom. The van der Waals surface area contributed by atoms with E-state index in [1.807, 2.05) is 0 Å². The van der Waals surface area contributed by atoms with E-state index in [2.05, 4.69) is 139 Å². The van der Waals surface area contributed by atoms with Crippen LogP contribution in [0.4, 0.5) is 11.4 Å². The molecule has 36 heavy (non-hydrogen) atoms. The topological polar surface area (TPSA) is 12.0 Å². The molecule has 6 aromatic carbocycles. The van der Waals surface area contributed by atoms with Gasteiger partial charge in [-0.3, -0.25) is 0 Å². The highest BCUT2D eigenvalue weighted by Gasteiger charge is 2.52. The zero-order valence-corrected chi connectivity index (χ0v) is 19.7. The van der Waals surface area contributed by atoms with E-state index in [1.54, 1.807) is 0 Å². The van der Waals surface area contributed by atoms with Crippen LogP contribution in [-0.4, -0.2) is 0 Å². The van der Waals surface area contributed by atoms with Gasteiger partial charge in [0.1, 0.15) is 0 Å². The van der Waals surface area contributed by atoms with Gasteiger partial charge < -0.3 is 5.32 Å². The van der Waals surface area contributed by atoms with Gasteiger partial charge in [0, 0.05) is 22.3 Å². The molecule has 0 aromatic heterocycles. The van der Waals surface area contributed by atoms with Crippen molar-refractivity contribution in [1.82, 2.24) is 0 Å². The van der Waals surface area contributed by atoms with Crippen molar-refractivity contribution in [3.05, 3.63) is 156 Å². The molecule has 0 saturated heterocycles. The maximum Gasteiger partial charge on any atom is 0.0745 e. The Kier molecular flexibility index (Phi) is 3.93. The Labute approximate surface area is 210 Å². The lowest BCUT2D eigenvalue weighted by Gasteiger charge is -2.32. The van der Waals surface area contributed by atoms with Crippen molar-refractivity contribution >= 4 is 22.1 Å². The highest BCUT2D eigenvalue weighted by atomic mass is 14.9. The summed E-state index contributed by atoms with van der Waals surface area (Å²) in [7, 11) is 0. The fraction of sp³-hybridized carbons (Fsp3) is 0.0286. The Morgan fingerprint density at radius 1 is 0.389 bits per heavy atom. The van der Waals surface area contributed by atoms with Crippen LogP contribution < -0.4 is 5.32 Å². The van der Waals surface area contributed by atoms with Gasteiger partial charge in [0.2, 0.25) is 0 Å². The third-order valence-corrected chi connectivity index (χ3v) is 8.07. The van der Waals surface area contributed by atoms with Crippen LogP contribution in [0.25, 0.3) is 33.0 Å². The standard InChI is InChI=1S/C35H23N/c1-2-13-24-23(11-1)12-9-21-32(24)36-33-22-10-17-28-27-16-5-8-20-31(27)35(34(28)33)29-18-6-3-14-25(29)26-15-4-7-19-30(26)35/h1-22,36H. The van der Waals surface area contributed by atoms with Crippen LogP contribution in [-0.2, 0) is 5.41 Å². The minimum atomic E-state index is -0.354. The fourth-order valence-corrected chi connectivity index (χ4v) is 6.74. The molecule has 0 heterocycles. The molecule has 2 aliphatic carbocycles. The summed E-state index contributed by atoms with van der Waals surface area (Å²) in [6.07, 6.45) is 0. The Balaban J connectivity index is 1.48. The van der Waals surface area contributed by atoms with Crippen LogP contribution in [0.5, 0.6) is 0 Å². The van der Waals surface area contributed by atoms with Gasteiger partial charge in [-0.05, 0) is 56.5 Å². The third-order valence-electron chi connectivity index (χ3n) is 8.07. The molecule has 0 saturated carbocycles. The molecule has 0 unspecified atom stereocenters. The Morgan fingerprint density at radius 3 is 1.56 bits per heavy atom. The molecule has 1 heteroatoms. The molecule has 8 rings (SSSR count). The predicted molar refractivity (Wildman–Crippen MR) is 150 cm³/mol. The van der Waals surface area contributed by atoms with Crippen molar-refractivity contribution in [2.75, 3.05) is 5.32 Å². The molecule has 0 fully saturated rings. The van der Waals surface area contributed by atoms with E-state index in [4.69, 9.17) is 0 Å². The summed E-state index contributed by atoms with van der Waals surface area (Å²) in [6.45, 7) is 0. The van der Waals surface area contributed by atoms with Gasteiger partial charge in [-0.2, -0.15) is 0 Å². The summed E-state index contributed by atoms with van der Waals surface area (Å²) in [6, 6.07) is 48.7. The summed E-state index contributed by atoms with van der Waals surface area (Å²) in [5, 5.41) is 6.37. The van der Waals surface area contributed by atoms with Crippen LogP contribution in [0.1, 0.15) is 22.3 Å². The largest absolute Gasteiger partial charge is 0.355 e. The van der Waals surface area contributed by atoms with Gasteiger partial charge in [-0.1, -0.05) is 121 Å². The molecule has 1 spiro atoms. The van der Waals surface area contributed by atoms with Crippen LogP contribution in [0.2, 0.25) is 0 Å². The van der Waals surface area contributed by atoms with E-state index in [1.165, 1.54) is 55.3 Å². The maximum atomic E-state index is 3.89. The van der Waals surface area contributed by atoms with Gasteiger partial charge in [0.15, 0.2) is 0 Å². The number of hydrogen-bond donors (Lipinski definition) is 1. The molecule has 0 amide bonds. The van der Waals surface area contributed by atoms with Crippen LogP contribution in [0.3, 0.4) is 0 Å². The number of fused-ring (bicyclic) bond motifs is 11. The van der Waals surface area contributed by atoms with Crippen molar-refractivity contribution in [1.29, 1.82) is 0 Å². The van der Waals surface area contributed by atoms with Crippen molar-refractivity contribution in [2.45, 2.75) is 5.41 Å². The highest BCUT2D eigenvalue weighted by Crippen LogP contribution is 2.64. The predicted octanol–water partition coefficient (Wildman–Crippen LogP) is 8.93. The van der Waals surface area contributed by atoms with Crippen molar-refractivity contribution < 1.29 is 0 Å². The lowest BCUT2D eigenvalue weighted by molar-refractivity contribution is 0.796. The van der Waals surface area contributed by atoms with Crippen molar-refractivity contribution in [3.8, 4) is 22.3 Å². The third kappa shape index (κ3) is 2.40. The van der Waals surface area contributed by atoms with Crippen LogP contribution in [0.15, 0.2) is 133 Å². The summed E-state index contributed by atoms with van der Waals surface area (Å²) in [5.41, 5.74) is 12.7. The molecule has 168 valence electrons. The zero-order valence-electron chi connectivity index (χ0n) is 19.7. The first-order chi connectivity index (χ1) is 17.9. The lowest BCUT2D eigenvalue weighted by Crippen LogP contribution is -2.26. The number of nitrogens with one attached hydrogen (secondary N) is 1. The van der Waals surface area contributed by atoms with Crippen molar-refractivity contribution in [2.24, 2.45) is 0 Å². The smallest absolute Gasteiger partial charge is 0.0745 e. The van der Waals surface area contributed by atoms with E-state index in [9.17, 15) is 0 Å². The van der Waals surface area contributed by atoms with Crippen LogP contribution in [0, 0.1) is 0 Å². The molecule has 0 bridgehead atoms. The summed E-state index contributed by atoms with van der Waals surface area (Å²) in [5.74, 6) is 0. The zero-order chi connectivity index (χ0) is 23.7. The molecule has 6 aromatic rings. The van der Waals surface area contributed by atoms with E-state index >= 15 is 0 Å². The monoisotopic (exact) mass is 457 g/mol. The molecule has 0 radical (unpaired) electrons. The summed E-state index contributed by atoms with van der Waals surface area (Å²) in [4.78, 5) is 0. The van der Waals surface area contributed by atoms with Crippen LogP contribution >= 0.6 is 0 Å². The molecule has 0 aliphatic heterocycles. The highest BCUT2D eigenvalue weighted by molar-refractivity contribution is 6.00. The molecule has 1 N–H and O–H groups in total. The fourth-order valence-electron chi connectivity index (χ4n) is 6.74. The van der Waals surface area contributed by atoms with Gasteiger partial charge in [-0.15, -0.1) is 0 Å². The van der Waals surface area contributed by atoms with E-state index in [0.717, 1.165) is 11.4 Å². The summed E-state index contributed by atoms with van der Waals surface area (Å²) >= 11 is 0. The van der Waals surface area contributed by atoms with Gasteiger partial charge in [0.05, 0.1) is 5.41 Å². The van der Waals surface area contributed by atoms with E-state index < -0.39 is 0 Å². The van der Waals surface area contributed by atoms with E-state index in [-0.39, 0.29) is 5.41 Å². The maximum absolute atomic E-state index is 3.89. The Bertz CT molecular complexity index is 1760. The number of hydrogen-bond acceptors (Lipinski definition) is 1. The van der Waals surface area contributed by atoms with Gasteiger partial charge in [-0.25, -0.2) is 0 Å². The van der Waals surface area contributed by atoms with Gasteiger partial charge >= 0.3 is 0 Å². The minimum absolute atomic E-state index is 0.354. The lowest BCUT2D eigenvalue weighted by atomic mass is 9.70. The second-order valence-electron chi connectivity index (χ2n) is 9.77. The van der Waals surface area contributed by atoms with E-state index in [0.29, 0.717) is 0 Å². The second-order valence-corrected chi connectivity index (χ2v) is 9.77. The molecular formula is C35H23N. The average molecular weight is 458 g/mol. The number of rotatable bonds is 2. The van der Waals surface area contributed by atoms with Crippen molar-refractivity contribution in [3.63, 3.8) is 0 Å². The first kappa shape index (κ1) is 19.7. The number of anilines is 2. The molecule has 1 nitrogen and oxygen atoms in total. The first-order valence-electron chi connectivity index (χ1n) is 12.5. The quantitative estimate of drug-likeness (QED) is 0.273. The average Bonchev–Trinajstić information content (AvgIpc) is 3.41.